The Hall–Kier alpha value is -1.49. The minimum absolute atomic E-state index is 0.541. The summed E-state index contributed by atoms with van der Waals surface area (Å²) in [6.07, 6.45) is 7.58. The Kier molecular flexibility index (Phi) is 3.46. The Morgan fingerprint density at radius 3 is 2.94 bits per heavy atom. The van der Waals surface area contributed by atoms with Gasteiger partial charge in [-0.05, 0) is 18.4 Å². The zero-order chi connectivity index (χ0) is 11.4. The van der Waals surface area contributed by atoms with Crippen LogP contribution in [0.15, 0.2) is 30.9 Å². The van der Waals surface area contributed by atoms with Crippen LogP contribution in [0.4, 0.5) is 5.82 Å². The van der Waals surface area contributed by atoms with Crippen LogP contribution in [0.5, 0.6) is 0 Å². The van der Waals surface area contributed by atoms with Gasteiger partial charge in [-0.25, -0.2) is 9.97 Å². The highest BCUT2D eigenvalue weighted by molar-refractivity contribution is 7.98. The number of aryl methyl sites for hydroxylation is 1. The number of nitrogens with zero attached hydrogens (tertiary/aromatic N) is 3. The van der Waals surface area contributed by atoms with Gasteiger partial charge in [0.15, 0.2) is 0 Å². The molecule has 0 aromatic carbocycles. The molecule has 0 radical (unpaired) electrons. The molecule has 0 aliphatic carbocycles. The summed E-state index contributed by atoms with van der Waals surface area (Å²) in [6.45, 7) is 0.959. The maximum Gasteiger partial charge on any atom is 0.123 e. The molecule has 0 amide bonds. The van der Waals surface area contributed by atoms with Crippen molar-refractivity contribution >= 4 is 17.6 Å². The van der Waals surface area contributed by atoms with Gasteiger partial charge in [0.1, 0.15) is 5.82 Å². The molecule has 0 unspecified atom stereocenters. The topological polar surface area (TPSA) is 56.7 Å². The quantitative estimate of drug-likeness (QED) is 0.877. The summed E-state index contributed by atoms with van der Waals surface area (Å²) in [5, 5.41) is 0. The summed E-state index contributed by atoms with van der Waals surface area (Å²) in [5.74, 6) is 1.62. The SMILES string of the molecule is CSCCn1cncc1-c1ccc(N)nc1. The molecule has 0 aliphatic heterocycles. The van der Waals surface area contributed by atoms with Crippen LogP contribution in [0, 0.1) is 0 Å². The van der Waals surface area contributed by atoms with Crippen molar-refractivity contribution in [2.75, 3.05) is 17.7 Å². The Balaban J connectivity index is 2.26. The molecular formula is C11H14N4S. The lowest BCUT2D eigenvalue weighted by molar-refractivity contribution is 0.778. The Bertz CT molecular complexity index is 449. The van der Waals surface area contributed by atoms with Gasteiger partial charge in [0, 0.05) is 24.1 Å². The van der Waals surface area contributed by atoms with Crippen molar-refractivity contribution in [3.05, 3.63) is 30.9 Å². The van der Waals surface area contributed by atoms with Gasteiger partial charge in [-0.1, -0.05) is 0 Å². The molecule has 0 spiro atoms. The van der Waals surface area contributed by atoms with Gasteiger partial charge in [-0.2, -0.15) is 11.8 Å². The Morgan fingerprint density at radius 2 is 2.25 bits per heavy atom. The van der Waals surface area contributed by atoms with Crippen LogP contribution < -0.4 is 5.73 Å². The van der Waals surface area contributed by atoms with Crippen molar-refractivity contribution in [3.8, 4) is 11.3 Å². The first-order valence-corrected chi connectivity index (χ1v) is 6.41. The smallest absolute Gasteiger partial charge is 0.123 e. The predicted molar refractivity (Wildman–Crippen MR) is 68.3 cm³/mol. The number of thioether (sulfide) groups is 1. The van der Waals surface area contributed by atoms with Crippen molar-refractivity contribution in [2.45, 2.75) is 6.54 Å². The summed E-state index contributed by atoms with van der Waals surface area (Å²) in [6, 6.07) is 3.77. The lowest BCUT2D eigenvalue weighted by Crippen LogP contribution is -2.01. The number of rotatable bonds is 4. The third-order valence-corrected chi connectivity index (χ3v) is 2.92. The van der Waals surface area contributed by atoms with E-state index in [0.717, 1.165) is 23.6 Å². The highest BCUT2D eigenvalue weighted by atomic mass is 32.2. The van der Waals surface area contributed by atoms with Crippen LogP contribution in [-0.4, -0.2) is 26.5 Å². The Morgan fingerprint density at radius 1 is 1.38 bits per heavy atom. The van der Waals surface area contributed by atoms with E-state index in [1.54, 1.807) is 12.3 Å². The molecule has 2 aromatic heterocycles. The van der Waals surface area contributed by atoms with Crippen LogP contribution in [0.2, 0.25) is 0 Å². The van der Waals surface area contributed by atoms with Crippen molar-refractivity contribution in [3.63, 3.8) is 0 Å². The van der Waals surface area contributed by atoms with E-state index in [0.29, 0.717) is 5.82 Å². The zero-order valence-electron chi connectivity index (χ0n) is 9.13. The largest absolute Gasteiger partial charge is 0.384 e. The number of nitrogens with two attached hydrogens (primary N) is 1. The molecule has 2 rings (SSSR count). The monoisotopic (exact) mass is 234 g/mol. The van der Waals surface area contributed by atoms with E-state index >= 15 is 0 Å². The highest BCUT2D eigenvalue weighted by Crippen LogP contribution is 2.18. The van der Waals surface area contributed by atoms with E-state index < -0.39 is 0 Å². The molecule has 0 fully saturated rings. The molecule has 0 aliphatic rings. The fourth-order valence-corrected chi connectivity index (χ4v) is 1.87. The van der Waals surface area contributed by atoms with E-state index in [2.05, 4.69) is 20.8 Å². The fourth-order valence-electron chi connectivity index (χ4n) is 1.49. The fraction of sp³-hybridized carbons (Fsp3) is 0.273. The van der Waals surface area contributed by atoms with Crippen molar-refractivity contribution in [1.82, 2.24) is 14.5 Å². The summed E-state index contributed by atoms with van der Waals surface area (Å²) in [4.78, 5) is 8.26. The minimum atomic E-state index is 0.541. The number of aromatic nitrogens is 3. The number of imidazole rings is 1. The first-order chi connectivity index (χ1) is 7.81. The normalized spacial score (nSPS) is 10.6. The minimum Gasteiger partial charge on any atom is -0.384 e. The van der Waals surface area contributed by atoms with Gasteiger partial charge in [0.25, 0.3) is 0 Å². The van der Waals surface area contributed by atoms with Gasteiger partial charge in [-0.3, -0.25) is 0 Å². The molecule has 2 heterocycles. The summed E-state index contributed by atoms with van der Waals surface area (Å²) in [7, 11) is 0. The molecule has 0 saturated carbocycles. The average molecular weight is 234 g/mol. The van der Waals surface area contributed by atoms with Gasteiger partial charge < -0.3 is 10.3 Å². The molecule has 0 saturated heterocycles. The van der Waals surface area contributed by atoms with Gasteiger partial charge in [-0.15, -0.1) is 0 Å². The maximum absolute atomic E-state index is 5.56. The molecule has 0 bridgehead atoms. The first-order valence-electron chi connectivity index (χ1n) is 5.02. The molecule has 5 heteroatoms. The lowest BCUT2D eigenvalue weighted by Gasteiger charge is -2.06. The molecule has 2 N–H and O–H groups in total. The van der Waals surface area contributed by atoms with Gasteiger partial charge in [0.05, 0.1) is 18.2 Å². The van der Waals surface area contributed by atoms with Crippen LogP contribution >= 0.6 is 11.8 Å². The van der Waals surface area contributed by atoms with E-state index in [9.17, 15) is 0 Å². The summed E-state index contributed by atoms with van der Waals surface area (Å²) < 4.78 is 2.13. The lowest BCUT2D eigenvalue weighted by atomic mass is 10.2. The zero-order valence-corrected chi connectivity index (χ0v) is 9.94. The molecule has 4 nitrogen and oxygen atoms in total. The number of hydrogen-bond acceptors (Lipinski definition) is 4. The van der Waals surface area contributed by atoms with Crippen LogP contribution in [-0.2, 0) is 6.54 Å². The molecule has 2 aromatic rings. The van der Waals surface area contributed by atoms with E-state index in [1.807, 2.05) is 30.4 Å². The second-order valence-corrected chi connectivity index (χ2v) is 4.42. The molecule has 16 heavy (non-hydrogen) atoms. The summed E-state index contributed by atoms with van der Waals surface area (Å²) >= 11 is 1.82. The number of pyridine rings is 1. The van der Waals surface area contributed by atoms with Crippen LogP contribution in [0.3, 0.4) is 0 Å². The van der Waals surface area contributed by atoms with Gasteiger partial charge >= 0.3 is 0 Å². The van der Waals surface area contributed by atoms with E-state index in [1.165, 1.54) is 0 Å². The van der Waals surface area contributed by atoms with Crippen molar-refractivity contribution < 1.29 is 0 Å². The second-order valence-electron chi connectivity index (χ2n) is 3.44. The molecule has 84 valence electrons. The van der Waals surface area contributed by atoms with Crippen LogP contribution in [0.1, 0.15) is 0 Å². The van der Waals surface area contributed by atoms with E-state index in [4.69, 9.17) is 5.73 Å². The third-order valence-electron chi connectivity index (χ3n) is 2.33. The number of hydrogen-bond donors (Lipinski definition) is 1. The van der Waals surface area contributed by atoms with Crippen LogP contribution in [0.25, 0.3) is 11.3 Å². The second kappa shape index (κ2) is 5.03. The molecular weight excluding hydrogens is 220 g/mol. The number of nitrogen functional groups attached to an aromatic ring is 1. The van der Waals surface area contributed by atoms with Crippen molar-refractivity contribution in [2.24, 2.45) is 0 Å². The average Bonchev–Trinajstić information content (AvgIpc) is 2.75. The summed E-state index contributed by atoms with van der Waals surface area (Å²) in [5.41, 5.74) is 7.70. The third kappa shape index (κ3) is 2.36. The van der Waals surface area contributed by atoms with E-state index in [-0.39, 0.29) is 0 Å². The maximum atomic E-state index is 5.56. The predicted octanol–water partition coefficient (Wildman–Crippen LogP) is 1.89. The standard InChI is InChI=1S/C11H14N4S/c1-16-5-4-15-8-13-7-10(15)9-2-3-11(12)14-6-9/h2-3,6-8H,4-5H2,1H3,(H2,12,14). The first kappa shape index (κ1) is 11.0. The van der Waals surface area contributed by atoms with Gasteiger partial charge in [0.2, 0.25) is 0 Å². The molecule has 0 atom stereocenters. The Labute approximate surface area is 98.9 Å². The van der Waals surface area contributed by atoms with Crippen molar-refractivity contribution in [1.29, 1.82) is 0 Å². The highest BCUT2D eigenvalue weighted by Gasteiger charge is 2.04. The number of anilines is 1.